The lowest BCUT2D eigenvalue weighted by atomic mass is 10.1. The molecule has 0 bridgehead atoms. The normalized spacial score (nSPS) is 10.5. The van der Waals surface area contributed by atoms with Gasteiger partial charge in [0.1, 0.15) is 12.4 Å². The Kier molecular flexibility index (Phi) is 5.97. The van der Waals surface area contributed by atoms with Crippen LogP contribution in [0.4, 0.5) is 5.69 Å². The van der Waals surface area contributed by atoms with Crippen LogP contribution in [0.2, 0.25) is 0 Å². The van der Waals surface area contributed by atoms with E-state index >= 15 is 0 Å². The van der Waals surface area contributed by atoms with E-state index in [9.17, 15) is 9.59 Å². The summed E-state index contributed by atoms with van der Waals surface area (Å²) in [6, 6.07) is 13.3. The minimum atomic E-state index is -0.364. The van der Waals surface area contributed by atoms with Crippen LogP contribution in [0.3, 0.4) is 0 Å². The van der Waals surface area contributed by atoms with Crippen LogP contribution in [0.25, 0.3) is 0 Å². The third-order valence-corrected chi connectivity index (χ3v) is 4.45. The molecule has 29 heavy (non-hydrogen) atoms. The van der Waals surface area contributed by atoms with Gasteiger partial charge in [-0.25, -0.2) is 0 Å². The van der Waals surface area contributed by atoms with Crippen LogP contribution in [0.5, 0.6) is 5.75 Å². The van der Waals surface area contributed by atoms with Gasteiger partial charge in [0.15, 0.2) is 5.69 Å². The van der Waals surface area contributed by atoms with Gasteiger partial charge in [-0.2, -0.15) is 5.10 Å². The molecule has 2 aromatic carbocycles. The Bertz CT molecular complexity index is 1060. The van der Waals surface area contributed by atoms with Crippen molar-refractivity contribution in [3.8, 4) is 5.75 Å². The predicted molar refractivity (Wildman–Crippen MR) is 111 cm³/mol. The third-order valence-electron chi connectivity index (χ3n) is 4.45. The molecule has 0 aliphatic carbocycles. The topological polar surface area (TPSA) is 85.3 Å². The first-order chi connectivity index (χ1) is 13.9. The highest BCUT2D eigenvalue weighted by molar-refractivity contribution is 6.08. The molecule has 1 heterocycles. The molecular formula is C22H24N4O3. The summed E-state index contributed by atoms with van der Waals surface area (Å²) in [6.45, 7) is 4.36. The molecule has 3 rings (SSSR count). The van der Waals surface area contributed by atoms with E-state index in [0.29, 0.717) is 17.9 Å². The molecule has 0 atom stereocenters. The average Bonchev–Trinajstić information content (AvgIpc) is 3.08. The molecule has 0 fully saturated rings. The van der Waals surface area contributed by atoms with Crippen LogP contribution < -0.4 is 15.4 Å². The van der Waals surface area contributed by atoms with E-state index in [1.807, 2.05) is 38.1 Å². The lowest BCUT2D eigenvalue weighted by Gasteiger charge is -2.11. The molecule has 0 aliphatic heterocycles. The maximum Gasteiger partial charge on any atom is 0.273 e. The van der Waals surface area contributed by atoms with E-state index in [2.05, 4.69) is 15.7 Å². The van der Waals surface area contributed by atoms with E-state index in [1.54, 1.807) is 31.4 Å². The summed E-state index contributed by atoms with van der Waals surface area (Å²) in [5.41, 5.74) is 4.05. The predicted octanol–water partition coefficient (Wildman–Crippen LogP) is 3.23. The quantitative estimate of drug-likeness (QED) is 0.674. The van der Waals surface area contributed by atoms with Gasteiger partial charge >= 0.3 is 0 Å². The first-order valence-electron chi connectivity index (χ1n) is 9.23. The van der Waals surface area contributed by atoms with Crippen molar-refractivity contribution < 1.29 is 14.3 Å². The number of carbonyl (C=O) groups excluding carboxylic acids is 2. The highest BCUT2D eigenvalue weighted by atomic mass is 16.5. The molecule has 0 radical (unpaired) electrons. The molecule has 2 N–H and O–H groups in total. The second kappa shape index (κ2) is 8.60. The van der Waals surface area contributed by atoms with Gasteiger partial charge in [0, 0.05) is 25.9 Å². The SMILES string of the molecule is CNC(=O)c1nn(C)cc1NC(=O)c1cccc(COc2cc(C)ccc2C)c1. The molecule has 0 unspecified atom stereocenters. The number of anilines is 1. The highest BCUT2D eigenvalue weighted by Crippen LogP contribution is 2.21. The molecule has 1 aromatic heterocycles. The minimum absolute atomic E-state index is 0.165. The molecular weight excluding hydrogens is 368 g/mol. The Morgan fingerprint density at radius 1 is 1.10 bits per heavy atom. The van der Waals surface area contributed by atoms with Gasteiger partial charge in [-0.3, -0.25) is 14.3 Å². The Labute approximate surface area is 169 Å². The summed E-state index contributed by atoms with van der Waals surface area (Å²) in [6.07, 6.45) is 1.59. The summed E-state index contributed by atoms with van der Waals surface area (Å²) < 4.78 is 7.41. The number of ether oxygens (including phenoxy) is 1. The summed E-state index contributed by atoms with van der Waals surface area (Å²) in [5, 5.41) is 9.37. The van der Waals surface area contributed by atoms with E-state index in [1.165, 1.54) is 11.7 Å². The fourth-order valence-electron chi connectivity index (χ4n) is 2.89. The molecule has 3 aromatic rings. The van der Waals surface area contributed by atoms with Crippen molar-refractivity contribution in [2.75, 3.05) is 12.4 Å². The van der Waals surface area contributed by atoms with E-state index in [4.69, 9.17) is 4.74 Å². The van der Waals surface area contributed by atoms with Crippen LogP contribution >= 0.6 is 0 Å². The number of nitrogens with zero attached hydrogens (tertiary/aromatic N) is 2. The molecule has 0 spiro atoms. The fourth-order valence-corrected chi connectivity index (χ4v) is 2.89. The van der Waals surface area contributed by atoms with E-state index < -0.39 is 0 Å². The Morgan fingerprint density at radius 3 is 2.66 bits per heavy atom. The summed E-state index contributed by atoms with van der Waals surface area (Å²) >= 11 is 0. The first-order valence-corrected chi connectivity index (χ1v) is 9.23. The molecule has 150 valence electrons. The van der Waals surface area contributed by atoms with E-state index in [-0.39, 0.29) is 17.5 Å². The van der Waals surface area contributed by atoms with Crippen molar-refractivity contribution in [3.63, 3.8) is 0 Å². The largest absolute Gasteiger partial charge is 0.489 e. The van der Waals surface area contributed by atoms with Crippen molar-refractivity contribution in [2.45, 2.75) is 20.5 Å². The highest BCUT2D eigenvalue weighted by Gasteiger charge is 2.17. The minimum Gasteiger partial charge on any atom is -0.489 e. The van der Waals surface area contributed by atoms with Crippen molar-refractivity contribution in [1.82, 2.24) is 15.1 Å². The maximum absolute atomic E-state index is 12.7. The van der Waals surface area contributed by atoms with Crippen LogP contribution in [-0.4, -0.2) is 28.6 Å². The molecule has 7 heteroatoms. The van der Waals surface area contributed by atoms with Crippen molar-refractivity contribution in [2.24, 2.45) is 7.05 Å². The Hall–Kier alpha value is -3.61. The zero-order valence-electron chi connectivity index (χ0n) is 16.9. The number of aromatic nitrogens is 2. The zero-order chi connectivity index (χ0) is 21.0. The van der Waals surface area contributed by atoms with Gasteiger partial charge in [0.25, 0.3) is 11.8 Å². The summed E-state index contributed by atoms with van der Waals surface area (Å²) in [4.78, 5) is 24.6. The third kappa shape index (κ3) is 4.82. The van der Waals surface area contributed by atoms with Gasteiger partial charge in [0.2, 0.25) is 0 Å². The average molecular weight is 392 g/mol. The number of amides is 2. The number of nitrogens with one attached hydrogen (secondary N) is 2. The van der Waals surface area contributed by atoms with Crippen LogP contribution in [0.15, 0.2) is 48.7 Å². The Balaban J connectivity index is 1.73. The zero-order valence-corrected chi connectivity index (χ0v) is 16.9. The molecule has 7 nitrogen and oxygen atoms in total. The van der Waals surface area contributed by atoms with Crippen molar-refractivity contribution in [1.29, 1.82) is 0 Å². The monoisotopic (exact) mass is 392 g/mol. The lowest BCUT2D eigenvalue weighted by molar-refractivity contribution is 0.0958. The van der Waals surface area contributed by atoms with Crippen LogP contribution in [-0.2, 0) is 13.7 Å². The fraction of sp³-hybridized carbons (Fsp3) is 0.227. The number of benzene rings is 2. The van der Waals surface area contributed by atoms with Gasteiger partial charge in [-0.15, -0.1) is 0 Å². The van der Waals surface area contributed by atoms with Gasteiger partial charge in [-0.1, -0.05) is 24.3 Å². The van der Waals surface area contributed by atoms with Crippen LogP contribution in [0.1, 0.15) is 37.5 Å². The van der Waals surface area contributed by atoms with Gasteiger partial charge in [0.05, 0.1) is 5.69 Å². The first kappa shape index (κ1) is 20.1. The van der Waals surface area contributed by atoms with Crippen molar-refractivity contribution in [3.05, 3.63) is 76.6 Å². The Morgan fingerprint density at radius 2 is 1.90 bits per heavy atom. The number of carbonyl (C=O) groups is 2. The number of hydrogen-bond donors (Lipinski definition) is 2. The number of rotatable bonds is 6. The molecule has 2 amide bonds. The lowest BCUT2D eigenvalue weighted by Crippen LogP contribution is -2.21. The van der Waals surface area contributed by atoms with Crippen LogP contribution in [0, 0.1) is 13.8 Å². The standard InChI is InChI=1S/C22H24N4O3/c1-14-8-9-15(2)19(10-14)29-13-16-6-5-7-17(11-16)21(27)24-18-12-26(4)25-20(18)22(28)23-3/h5-12H,13H2,1-4H3,(H,23,28)(H,24,27). The maximum atomic E-state index is 12.7. The van der Waals surface area contributed by atoms with Gasteiger partial charge < -0.3 is 15.4 Å². The van der Waals surface area contributed by atoms with Gasteiger partial charge in [-0.05, 0) is 48.7 Å². The molecule has 0 aliphatic rings. The molecule has 0 saturated carbocycles. The second-order valence-electron chi connectivity index (χ2n) is 6.86. The smallest absolute Gasteiger partial charge is 0.273 e. The molecule has 0 saturated heterocycles. The summed E-state index contributed by atoms with van der Waals surface area (Å²) in [5.74, 6) is 0.138. The number of aryl methyl sites for hydroxylation is 3. The number of hydrogen-bond acceptors (Lipinski definition) is 4. The van der Waals surface area contributed by atoms with E-state index in [0.717, 1.165) is 22.4 Å². The second-order valence-corrected chi connectivity index (χ2v) is 6.86. The summed E-state index contributed by atoms with van der Waals surface area (Å²) in [7, 11) is 3.20. The van der Waals surface area contributed by atoms with Crippen molar-refractivity contribution >= 4 is 17.5 Å².